The lowest BCUT2D eigenvalue weighted by atomic mass is 9.90. The van der Waals surface area contributed by atoms with Crippen LogP contribution in [-0.4, -0.2) is 42.6 Å². The van der Waals surface area contributed by atoms with Gasteiger partial charge >= 0.3 is 6.09 Å². The maximum Gasteiger partial charge on any atom is 0.411 e. The van der Waals surface area contributed by atoms with Gasteiger partial charge in [0.25, 0.3) is 0 Å². The number of morpholine rings is 1. The van der Waals surface area contributed by atoms with Crippen LogP contribution in [0.15, 0.2) is 60.7 Å². The smallest absolute Gasteiger partial charge is 0.411 e. The Labute approximate surface area is 158 Å². The van der Waals surface area contributed by atoms with Gasteiger partial charge in [-0.2, -0.15) is 0 Å². The third-order valence-electron chi connectivity index (χ3n) is 5.03. The van der Waals surface area contributed by atoms with E-state index in [4.69, 9.17) is 9.47 Å². The Kier molecular flexibility index (Phi) is 5.03. The van der Waals surface area contributed by atoms with Gasteiger partial charge in [-0.3, -0.25) is 9.69 Å². The van der Waals surface area contributed by atoms with Crippen molar-refractivity contribution in [1.29, 1.82) is 0 Å². The van der Waals surface area contributed by atoms with Crippen molar-refractivity contribution >= 4 is 18.0 Å². The van der Waals surface area contributed by atoms with Gasteiger partial charge in [0.1, 0.15) is 12.9 Å². The number of benzene rings is 2. The van der Waals surface area contributed by atoms with Gasteiger partial charge in [0.2, 0.25) is 0 Å². The minimum absolute atomic E-state index is 0.0437. The molecular formula is C22H21NO4. The number of rotatable bonds is 4. The molecule has 0 aromatic heterocycles. The molecule has 0 N–H and O–H groups in total. The number of hydrogen-bond acceptors (Lipinski definition) is 4. The van der Waals surface area contributed by atoms with Crippen molar-refractivity contribution < 1.29 is 19.1 Å². The summed E-state index contributed by atoms with van der Waals surface area (Å²) in [6.45, 7) is 1.23. The Hall–Kier alpha value is -2.92. The van der Waals surface area contributed by atoms with E-state index >= 15 is 0 Å². The SMILES string of the molecule is O=Cc1ccc(C2=CC3COCC(C2)N3C(=O)OCc2ccccc2)cc1. The monoisotopic (exact) mass is 363 g/mol. The first kappa shape index (κ1) is 17.5. The summed E-state index contributed by atoms with van der Waals surface area (Å²) in [5, 5.41) is 0. The number of aldehydes is 1. The Morgan fingerprint density at radius 1 is 1.11 bits per heavy atom. The fourth-order valence-electron chi connectivity index (χ4n) is 3.66. The molecule has 2 aliphatic heterocycles. The molecule has 4 rings (SSSR count). The molecular weight excluding hydrogens is 342 g/mol. The summed E-state index contributed by atoms with van der Waals surface area (Å²) >= 11 is 0. The van der Waals surface area contributed by atoms with E-state index < -0.39 is 0 Å². The number of carbonyl (C=O) groups excluding carboxylic acids is 2. The highest BCUT2D eigenvalue weighted by Crippen LogP contribution is 2.33. The van der Waals surface area contributed by atoms with Crippen molar-refractivity contribution in [1.82, 2.24) is 4.90 Å². The van der Waals surface area contributed by atoms with Crippen molar-refractivity contribution in [2.24, 2.45) is 0 Å². The van der Waals surface area contributed by atoms with Crippen LogP contribution in [0.2, 0.25) is 0 Å². The standard InChI is InChI=1S/C22H21NO4/c24-12-16-6-8-18(9-7-16)19-10-20-14-26-15-21(11-19)23(20)22(25)27-13-17-4-2-1-3-5-17/h1-10,12,20-21H,11,13-15H2. The normalized spacial score (nSPS) is 21.3. The summed E-state index contributed by atoms with van der Waals surface area (Å²) in [6, 6.07) is 17.0. The Balaban J connectivity index is 1.49. The van der Waals surface area contributed by atoms with E-state index in [1.807, 2.05) is 54.6 Å². The van der Waals surface area contributed by atoms with Crippen LogP contribution in [0.25, 0.3) is 5.57 Å². The molecule has 0 radical (unpaired) electrons. The van der Waals surface area contributed by atoms with Gasteiger partial charge in [-0.25, -0.2) is 4.79 Å². The highest BCUT2D eigenvalue weighted by Gasteiger charge is 2.39. The van der Waals surface area contributed by atoms with Crippen molar-refractivity contribution in [3.63, 3.8) is 0 Å². The molecule has 0 saturated carbocycles. The lowest BCUT2D eigenvalue weighted by Gasteiger charge is -2.43. The second kappa shape index (κ2) is 7.76. The minimum atomic E-state index is -0.302. The molecule has 2 bridgehead atoms. The van der Waals surface area contributed by atoms with Gasteiger partial charge in [-0.05, 0) is 23.1 Å². The molecule has 0 spiro atoms. The summed E-state index contributed by atoms with van der Waals surface area (Å²) in [4.78, 5) is 25.3. The molecule has 1 amide bonds. The lowest BCUT2D eigenvalue weighted by molar-refractivity contribution is -0.0342. The quantitative estimate of drug-likeness (QED) is 0.778. The number of nitrogens with zero attached hydrogens (tertiary/aromatic N) is 1. The topological polar surface area (TPSA) is 55.8 Å². The van der Waals surface area contributed by atoms with Gasteiger partial charge in [0.15, 0.2) is 0 Å². The van der Waals surface area contributed by atoms with Crippen molar-refractivity contribution in [2.75, 3.05) is 13.2 Å². The van der Waals surface area contributed by atoms with Crippen LogP contribution in [-0.2, 0) is 16.1 Å². The molecule has 1 fully saturated rings. The Bertz CT molecular complexity index is 844. The highest BCUT2D eigenvalue weighted by molar-refractivity contribution is 5.78. The first-order valence-electron chi connectivity index (χ1n) is 9.07. The molecule has 2 aliphatic rings. The van der Waals surface area contributed by atoms with E-state index in [0.717, 1.165) is 17.4 Å². The predicted molar refractivity (Wildman–Crippen MR) is 101 cm³/mol. The average molecular weight is 363 g/mol. The summed E-state index contributed by atoms with van der Waals surface area (Å²) in [6.07, 6.45) is 3.32. The van der Waals surface area contributed by atoms with Crippen molar-refractivity contribution in [3.8, 4) is 0 Å². The van der Waals surface area contributed by atoms with Gasteiger partial charge in [0, 0.05) is 5.56 Å². The maximum atomic E-state index is 12.7. The molecule has 2 aromatic rings. The van der Waals surface area contributed by atoms with Crippen LogP contribution in [0.3, 0.4) is 0 Å². The molecule has 138 valence electrons. The van der Waals surface area contributed by atoms with Gasteiger partial charge in [-0.1, -0.05) is 60.7 Å². The van der Waals surface area contributed by atoms with Crippen LogP contribution in [0, 0.1) is 0 Å². The maximum absolute atomic E-state index is 12.7. The summed E-state index contributed by atoms with van der Waals surface area (Å²) < 4.78 is 11.2. The number of fused-ring (bicyclic) bond motifs is 2. The van der Waals surface area contributed by atoms with E-state index in [1.54, 1.807) is 4.90 Å². The third-order valence-corrected chi connectivity index (χ3v) is 5.03. The molecule has 0 aliphatic carbocycles. The molecule has 2 heterocycles. The molecule has 5 nitrogen and oxygen atoms in total. The zero-order valence-corrected chi connectivity index (χ0v) is 14.9. The van der Waals surface area contributed by atoms with Crippen LogP contribution in [0.5, 0.6) is 0 Å². The number of carbonyl (C=O) groups is 2. The molecule has 1 saturated heterocycles. The van der Waals surface area contributed by atoms with Gasteiger partial charge in [-0.15, -0.1) is 0 Å². The van der Waals surface area contributed by atoms with Gasteiger partial charge in [0.05, 0.1) is 25.3 Å². The van der Waals surface area contributed by atoms with E-state index in [2.05, 4.69) is 6.08 Å². The van der Waals surface area contributed by atoms with E-state index in [0.29, 0.717) is 25.2 Å². The Morgan fingerprint density at radius 3 is 2.59 bits per heavy atom. The Morgan fingerprint density at radius 2 is 1.89 bits per heavy atom. The van der Waals surface area contributed by atoms with E-state index in [1.165, 1.54) is 5.57 Å². The average Bonchev–Trinajstić information content (AvgIpc) is 2.72. The van der Waals surface area contributed by atoms with Crippen molar-refractivity contribution in [2.45, 2.75) is 25.1 Å². The van der Waals surface area contributed by atoms with Crippen LogP contribution in [0.1, 0.15) is 27.9 Å². The fraction of sp³-hybridized carbons (Fsp3) is 0.273. The summed E-state index contributed by atoms with van der Waals surface area (Å²) in [7, 11) is 0. The zero-order chi connectivity index (χ0) is 18.6. The number of hydrogen-bond donors (Lipinski definition) is 0. The van der Waals surface area contributed by atoms with Crippen LogP contribution >= 0.6 is 0 Å². The first-order chi connectivity index (χ1) is 13.2. The molecule has 2 unspecified atom stereocenters. The van der Waals surface area contributed by atoms with Crippen molar-refractivity contribution in [3.05, 3.63) is 77.4 Å². The van der Waals surface area contributed by atoms with E-state index in [9.17, 15) is 9.59 Å². The molecule has 2 atom stereocenters. The summed E-state index contributed by atoms with van der Waals surface area (Å²) in [5.74, 6) is 0. The second-order valence-electron chi connectivity index (χ2n) is 6.84. The zero-order valence-electron chi connectivity index (χ0n) is 14.9. The minimum Gasteiger partial charge on any atom is -0.445 e. The molecule has 2 aromatic carbocycles. The highest BCUT2D eigenvalue weighted by atomic mass is 16.6. The predicted octanol–water partition coefficient (Wildman–Crippen LogP) is 3.69. The fourth-order valence-corrected chi connectivity index (χ4v) is 3.66. The molecule has 5 heteroatoms. The third kappa shape index (κ3) is 3.78. The van der Waals surface area contributed by atoms with E-state index in [-0.39, 0.29) is 24.8 Å². The second-order valence-corrected chi connectivity index (χ2v) is 6.84. The summed E-state index contributed by atoms with van der Waals surface area (Å²) in [5.41, 5.74) is 3.88. The number of ether oxygens (including phenoxy) is 2. The van der Waals surface area contributed by atoms with Crippen LogP contribution in [0.4, 0.5) is 4.79 Å². The van der Waals surface area contributed by atoms with Crippen LogP contribution < -0.4 is 0 Å². The lowest BCUT2D eigenvalue weighted by Crippen LogP contribution is -2.56. The first-order valence-corrected chi connectivity index (χ1v) is 9.07. The number of amides is 1. The van der Waals surface area contributed by atoms with Gasteiger partial charge < -0.3 is 9.47 Å². The molecule has 27 heavy (non-hydrogen) atoms. The largest absolute Gasteiger partial charge is 0.445 e.